The van der Waals surface area contributed by atoms with Crippen molar-refractivity contribution in [1.82, 2.24) is 19.8 Å². The lowest BCUT2D eigenvalue weighted by Gasteiger charge is -2.04. The van der Waals surface area contributed by atoms with Gasteiger partial charge in [0.1, 0.15) is 23.1 Å². The average molecular weight is 366 g/mol. The molecule has 0 unspecified atom stereocenters. The Labute approximate surface area is 155 Å². The van der Waals surface area contributed by atoms with E-state index in [1.165, 1.54) is 16.9 Å². The molecule has 0 amide bonds. The molecule has 4 rings (SSSR count). The van der Waals surface area contributed by atoms with Gasteiger partial charge in [-0.3, -0.25) is 0 Å². The Hall–Kier alpha value is -2.93. The van der Waals surface area contributed by atoms with Crippen LogP contribution in [0.3, 0.4) is 0 Å². The fourth-order valence-electron chi connectivity index (χ4n) is 2.53. The number of fused-ring (bicyclic) bond motifs is 1. The van der Waals surface area contributed by atoms with E-state index in [1.54, 1.807) is 4.52 Å². The van der Waals surface area contributed by atoms with Crippen molar-refractivity contribution in [3.05, 3.63) is 59.9 Å². The number of aromatic nitrogens is 4. The minimum absolute atomic E-state index is 0.312. The van der Waals surface area contributed by atoms with Crippen molar-refractivity contribution in [2.45, 2.75) is 20.5 Å². The third kappa shape index (κ3) is 3.39. The minimum Gasteiger partial charge on any atom is -0.494 e. The van der Waals surface area contributed by atoms with Crippen LogP contribution in [0.15, 0.2) is 48.5 Å². The monoisotopic (exact) mass is 366 g/mol. The van der Waals surface area contributed by atoms with E-state index in [0.717, 1.165) is 27.0 Å². The topological polar surface area (TPSA) is 61.5 Å². The SMILES string of the molecule is CCOc1cccc(-c2nn3c(COc4ccc(C)cc4)nnc3s2)c1. The van der Waals surface area contributed by atoms with Gasteiger partial charge in [0.15, 0.2) is 5.82 Å². The Morgan fingerprint density at radius 3 is 2.65 bits per heavy atom. The van der Waals surface area contributed by atoms with Crippen LogP contribution in [-0.4, -0.2) is 26.4 Å². The van der Waals surface area contributed by atoms with Crippen molar-refractivity contribution in [3.8, 4) is 22.1 Å². The molecule has 0 aliphatic rings. The molecule has 2 aromatic carbocycles. The molecular formula is C19H18N4O2S. The summed E-state index contributed by atoms with van der Waals surface area (Å²) < 4.78 is 13.1. The Balaban J connectivity index is 1.56. The van der Waals surface area contributed by atoms with E-state index in [1.807, 2.05) is 62.4 Å². The summed E-state index contributed by atoms with van der Waals surface area (Å²) in [7, 11) is 0. The zero-order valence-electron chi connectivity index (χ0n) is 14.5. The number of nitrogens with zero attached hydrogens (tertiary/aromatic N) is 4. The van der Waals surface area contributed by atoms with Gasteiger partial charge in [-0.15, -0.1) is 10.2 Å². The van der Waals surface area contributed by atoms with Gasteiger partial charge in [0.2, 0.25) is 4.96 Å². The van der Waals surface area contributed by atoms with Gasteiger partial charge in [-0.2, -0.15) is 9.61 Å². The van der Waals surface area contributed by atoms with Gasteiger partial charge in [0.25, 0.3) is 0 Å². The Morgan fingerprint density at radius 1 is 1.00 bits per heavy atom. The van der Waals surface area contributed by atoms with Crippen molar-refractivity contribution in [2.75, 3.05) is 6.61 Å². The first-order valence-electron chi connectivity index (χ1n) is 8.37. The standard InChI is InChI=1S/C19H18N4O2S/c1-3-24-16-6-4-5-14(11-16)18-22-23-17(20-21-19(23)26-18)12-25-15-9-7-13(2)8-10-15/h4-11H,3,12H2,1-2H3. The maximum Gasteiger partial charge on any atom is 0.235 e. The smallest absolute Gasteiger partial charge is 0.235 e. The molecule has 132 valence electrons. The molecule has 0 spiro atoms. The molecule has 0 N–H and O–H groups in total. The van der Waals surface area contributed by atoms with Gasteiger partial charge in [-0.1, -0.05) is 41.2 Å². The molecule has 6 nitrogen and oxygen atoms in total. The fraction of sp³-hybridized carbons (Fsp3) is 0.211. The van der Waals surface area contributed by atoms with Gasteiger partial charge in [0, 0.05) is 5.56 Å². The highest BCUT2D eigenvalue weighted by Crippen LogP contribution is 2.28. The Kier molecular flexibility index (Phi) is 4.53. The lowest BCUT2D eigenvalue weighted by atomic mass is 10.2. The number of hydrogen-bond donors (Lipinski definition) is 0. The zero-order chi connectivity index (χ0) is 17.9. The maximum atomic E-state index is 5.80. The molecule has 0 fully saturated rings. The van der Waals surface area contributed by atoms with Crippen molar-refractivity contribution >= 4 is 16.3 Å². The zero-order valence-corrected chi connectivity index (χ0v) is 15.4. The molecular weight excluding hydrogens is 348 g/mol. The predicted molar refractivity (Wildman–Crippen MR) is 101 cm³/mol. The summed E-state index contributed by atoms with van der Waals surface area (Å²) in [6, 6.07) is 15.8. The minimum atomic E-state index is 0.312. The summed E-state index contributed by atoms with van der Waals surface area (Å²) in [5.41, 5.74) is 2.19. The van der Waals surface area contributed by atoms with E-state index in [2.05, 4.69) is 15.3 Å². The fourth-order valence-corrected chi connectivity index (χ4v) is 3.39. The molecule has 2 aromatic heterocycles. The first-order chi connectivity index (χ1) is 12.7. The summed E-state index contributed by atoms with van der Waals surface area (Å²) >= 11 is 1.49. The molecule has 7 heteroatoms. The largest absolute Gasteiger partial charge is 0.494 e. The number of hydrogen-bond acceptors (Lipinski definition) is 6. The highest BCUT2D eigenvalue weighted by Gasteiger charge is 2.14. The van der Waals surface area contributed by atoms with Gasteiger partial charge in [-0.25, -0.2) is 0 Å². The van der Waals surface area contributed by atoms with Gasteiger partial charge < -0.3 is 9.47 Å². The van der Waals surface area contributed by atoms with Crippen LogP contribution in [0, 0.1) is 6.92 Å². The summed E-state index contributed by atoms with van der Waals surface area (Å²) in [6.07, 6.45) is 0. The highest BCUT2D eigenvalue weighted by molar-refractivity contribution is 7.19. The molecule has 2 heterocycles. The molecule has 26 heavy (non-hydrogen) atoms. The van der Waals surface area contributed by atoms with E-state index in [4.69, 9.17) is 9.47 Å². The van der Waals surface area contributed by atoms with E-state index in [0.29, 0.717) is 19.0 Å². The Morgan fingerprint density at radius 2 is 1.85 bits per heavy atom. The van der Waals surface area contributed by atoms with Crippen LogP contribution < -0.4 is 9.47 Å². The second-order valence-electron chi connectivity index (χ2n) is 5.78. The summed E-state index contributed by atoms with van der Waals surface area (Å²) in [5.74, 6) is 2.30. The van der Waals surface area contributed by atoms with Crippen LogP contribution in [0.5, 0.6) is 11.5 Å². The summed E-state index contributed by atoms with van der Waals surface area (Å²) in [5, 5.41) is 13.9. The molecule has 0 radical (unpaired) electrons. The first-order valence-corrected chi connectivity index (χ1v) is 9.18. The summed E-state index contributed by atoms with van der Waals surface area (Å²) in [6.45, 7) is 4.96. The van der Waals surface area contributed by atoms with Crippen LogP contribution in [-0.2, 0) is 6.61 Å². The third-order valence-electron chi connectivity index (χ3n) is 3.84. The second kappa shape index (κ2) is 7.13. The lowest BCUT2D eigenvalue weighted by molar-refractivity contribution is 0.293. The number of aryl methyl sites for hydroxylation is 1. The van der Waals surface area contributed by atoms with Crippen molar-refractivity contribution in [2.24, 2.45) is 0 Å². The van der Waals surface area contributed by atoms with Gasteiger partial charge in [0.05, 0.1) is 6.61 Å². The van der Waals surface area contributed by atoms with Crippen LogP contribution in [0.1, 0.15) is 18.3 Å². The van der Waals surface area contributed by atoms with Crippen LogP contribution in [0.25, 0.3) is 15.5 Å². The second-order valence-corrected chi connectivity index (χ2v) is 6.74. The van der Waals surface area contributed by atoms with Crippen molar-refractivity contribution in [3.63, 3.8) is 0 Å². The quantitative estimate of drug-likeness (QED) is 0.513. The lowest BCUT2D eigenvalue weighted by Crippen LogP contribution is -2.02. The summed E-state index contributed by atoms with van der Waals surface area (Å²) in [4.78, 5) is 0.740. The van der Waals surface area contributed by atoms with E-state index >= 15 is 0 Å². The van der Waals surface area contributed by atoms with Crippen LogP contribution in [0.2, 0.25) is 0 Å². The Bertz CT molecular complexity index is 1020. The van der Waals surface area contributed by atoms with E-state index in [9.17, 15) is 0 Å². The molecule has 0 aliphatic heterocycles. The third-order valence-corrected chi connectivity index (χ3v) is 4.78. The average Bonchev–Trinajstić information content (AvgIpc) is 3.23. The number of benzene rings is 2. The van der Waals surface area contributed by atoms with Crippen LogP contribution >= 0.6 is 11.3 Å². The molecule has 0 bridgehead atoms. The van der Waals surface area contributed by atoms with Crippen molar-refractivity contribution in [1.29, 1.82) is 0 Å². The van der Waals surface area contributed by atoms with Gasteiger partial charge >= 0.3 is 0 Å². The molecule has 0 atom stereocenters. The molecule has 0 aliphatic carbocycles. The van der Waals surface area contributed by atoms with Crippen LogP contribution in [0.4, 0.5) is 0 Å². The highest BCUT2D eigenvalue weighted by atomic mass is 32.1. The van der Waals surface area contributed by atoms with E-state index in [-0.39, 0.29) is 0 Å². The van der Waals surface area contributed by atoms with Gasteiger partial charge in [-0.05, 0) is 38.1 Å². The molecule has 0 saturated carbocycles. The molecule has 0 saturated heterocycles. The van der Waals surface area contributed by atoms with Crippen molar-refractivity contribution < 1.29 is 9.47 Å². The number of rotatable bonds is 6. The maximum absolute atomic E-state index is 5.80. The molecule has 4 aromatic rings. The predicted octanol–water partition coefficient (Wildman–Crippen LogP) is 4.14. The van der Waals surface area contributed by atoms with E-state index < -0.39 is 0 Å². The number of ether oxygens (including phenoxy) is 2. The first kappa shape index (κ1) is 16.5. The normalized spacial score (nSPS) is 11.0.